The minimum atomic E-state index is 1.23. The molecule has 43 heavy (non-hydrogen) atoms. The Morgan fingerprint density at radius 3 is 1.65 bits per heavy atom. The molecule has 0 N–H and O–H groups in total. The first-order valence-corrected chi connectivity index (χ1v) is 15.6. The van der Waals surface area contributed by atoms with Gasteiger partial charge in [-0.2, -0.15) is 0 Å². The van der Waals surface area contributed by atoms with Gasteiger partial charge in [-0.25, -0.2) is 0 Å². The third-order valence-corrected chi connectivity index (χ3v) is 10.00. The molecular formula is C42H26S. The van der Waals surface area contributed by atoms with Gasteiger partial charge in [0.25, 0.3) is 0 Å². The maximum atomic E-state index is 2.43. The van der Waals surface area contributed by atoms with Gasteiger partial charge in [0.05, 0.1) is 0 Å². The lowest BCUT2D eigenvalue weighted by Crippen LogP contribution is -1.88. The van der Waals surface area contributed by atoms with Crippen molar-refractivity contribution >= 4 is 64.5 Å². The van der Waals surface area contributed by atoms with Crippen molar-refractivity contribution in [3.8, 4) is 32.7 Å². The summed E-state index contributed by atoms with van der Waals surface area (Å²) in [6.45, 7) is 0. The van der Waals surface area contributed by atoms with Gasteiger partial charge in [0.15, 0.2) is 0 Å². The Hall–Kier alpha value is -5.24. The molecule has 1 heterocycles. The zero-order valence-corrected chi connectivity index (χ0v) is 24.2. The van der Waals surface area contributed by atoms with E-state index in [0.29, 0.717) is 0 Å². The Morgan fingerprint density at radius 2 is 0.860 bits per heavy atom. The van der Waals surface area contributed by atoms with Crippen molar-refractivity contribution in [1.29, 1.82) is 0 Å². The molecule has 8 aromatic carbocycles. The summed E-state index contributed by atoms with van der Waals surface area (Å²) in [5.74, 6) is 0. The average Bonchev–Trinajstić information content (AvgIpc) is 3.51. The van der Waals surface area contributed by atoms with Crippen LogP contribution in [0, 0.1) is 0 Å². The summed E-state index contributed by atoms with van der Waals surface area (Å²) in [6, 6.07) is 58.1. The lowest BCUT2D eigenvalue weighted by atomic mass is 9.89. The summed E-state index contributed by atoms with van der Waals surface area (Å²) in [6.07, 6.45) is 0. The number of hydrogen-bond donors (Lipinski definition) is 0. The molecule has 0 amide bonds. The molecule has 0 aliphatic carbocycles. The summed E-state index contributed by atoms with van der Waals surface area (Å²) in [4.78, 5) is 1.31. The first-order valence-electron chi connectivity index (χ1n) is 14.8. The van der Waals surface area contributed by atoms with E-state index in [4.69, 9.17) is 0 Å². The first-order chi connectivity index (χ1) is 21.3. The van der Waals surface area contributed by atoms with Crippen LogP contribution in [0.4, 0.5) is 0 Å². The van der Waals surface area contributed by atoms with Gasteiger partial charge in [0, 0.05) is 9.58 Å². The number of fused-ring (bicyclic) bond motifs is 6. The highest BCUT2D eigenvalue weighted by atomic mass is 32.1. The Labute approximate surface area is 254 Å². The van der Waals surface area contributed by atoms with Crippen molar-refractivity contribution in [2.75, 3.05) is 0 Å². The van der Waals surface area contributed by atoms with Gasteiger partial charge in [-0.05, 0) is 107 Å². The second kappa shape index (κ2) is 9.66. The van der Waals surface area contributed by atoms with Crippen LogP contribution >= 0.6 is 11.3 Å². The Kier molecular flexibility index (Phi) is 5.47. The van der Waals surface area contributed by atoms with Gasteiger partial charge in [-0.1, -0.05) is 127 Å². The van der Waals surface area contributed by atoms with Crippen LogP contribution in [0.5, 0.6) is 0 Å². The van der Waals surface area contributed by atoms with Crippen LogP contribution < -0.4 is 0 Å². The van der Waals surface area contributed by atoms with Gasteiger partial charge < -0.3 is 0 Å². The average molecular weight is 563 g/mol. The molecule has 1 aromatic heterocycles. The molecule has 1 heteroatoms. The third kappa shape index (κ3) is 3.97. The quantitative estimate of drug-likeness (QED) is 0.148. The van der Waals surface area contributed by atoms with Crippen LogP contribution in [0.1, 0.15) is 0 Å². The maximum Gasteiger partial charge on any atom is 0.0361 e. The number of benzene rings is 8. The summed E-state index contributed by atoms with van der Waals surface area (Å²) < 4.78 is 1.32. The van der Waals surface area contributed by atoms with Crippen LogP contribution in [0.2, 0.25) is 0 Å². The van der Waals surface area contributed by atoms with E-state index in [-0.39, 0.29) is 0 Å². The monoisotopic (exact) mass is 562 g/mol. The fourth-order valence-electron chi connectivity index (χ4n) is 6.74. The molecule has 0 bridgehead atoms. The van der Waals surface area contributed by atoms with E-state index < -0.39 is 0 Å². The molecular weight excluding hydrogens is 537 g/mol. The standard InChI is InChI=1S/C42H26S/c1-2-11-31-24-39-37(29-21-19-28(20-22-29)34-15-7-13-27-9-3-5-14-33(27)34)26-40-35(38(39)23-30(31)10-1)16-8-17-36(40)42-25-32-12-4-6-18-41(32)43-42/h1-26H. The lowest BCUT2D eigenvalue weighted by molar-refractivity contribution is 1.63. The van der Waals surface area contributed by atoms with Gasteiger partial charge >= 0.3 is 0 Å². The molecule has 0 aliphatic heterocycles. The summed E-state index contributed by atoms with van der Waals surface area (Å²) in [5, 5.41) is 11.6. The summed E-state index contributed by atoms with van der Waals surface area (Å²) in [7, 11) is 0. The molecule has 0 saturated carbocycles. The van der Waals surface area contributed by atoms with E-state index in [2.05, 4.69) is 158 Å². The second-order valence-electron chi connectivity index (χ2n) is 11.3. The minimum absolute atomic E-state index is 1.23. The SMILES string of the molecule is c1ccc2cc3c(cc2c1)c(-c1ccc(-c2cccc4ccccc24)cc1)cc1c(-c2cc4ccccc4s2)cccc13. The topological polar surface area (TPSA) is 0 Å². The second-order valence-corrected chi connectivity index (χ2v) is 12.4. The van der Waals surface area contributed by atoms with Crippen LogP contribution in [-0.4, -0.2) is 0 Å². The summed E-state index contributed by atoms with van der Waals surface area (Å²) in [5.41, 5.74) is 6.30. The number of rotatable bonds is 3. The van der Waals surface area contributed by atoms with Crippen LogP contribution in [0.15, 0.2) is 158 Å². The van der Waals surface area contributed by atoms with E-state index in [1.165, 1.54) is 85.9 Å². The van der Waals surface area contributed by atoms with E-state index in [9.17, 15) is 0 Å². The predicted octanol–water partition coefficient (Wildman–Crippen LogP) is 12.5. The number of hydrogen-bond acceptors (Lipinski definition) is 1. The van der Waals surface area contributed by atoms with Gasteiger partial charge in [-0.15, -0.1) is 11.3 Å². The van der Waals surface area contributed by atoms with Crippen molar-refractivity contribution in [2.45, 2.75) is 0 Å². The highest BCUT2D eigenvalue weighted by Gasteiger charge is 2.15. The zero-order valence-electron chi connectivity index (χ0n) is 23.4. The van der Waals surface area contributed by atoms with Crippen molar-refractivity contribution in [2.24, 2.45) is 0 Å². The van der Waals surface area contributed by atoms with Gasteiger partial charge in [0.1, 0.15) is 0 Å². The lowest BCUT2D eigenvalue weighted by Gasteiger charge is -2.15. The molecule has 0 saturated heterocycles. The molecule has 0 radical (unpaired) electrons. The zero-order chi connectivity index (χ0) is 28.3. The molecule has 9 rings (SSSR count). The minimum Gasteiger partial charge on any atom is -0.135 e. The highest BCUT2D eigenvalue weighted by molar-refractivity contribution is 7.22. The fourth-order valence-corrected chi connectivity index (χ4v) is 7.84. The normalized spacial score (nSPS) is 11.7. The maximum absolute atomic E-state index is 2.43. The van der Waals surface area contributed by atoms with Crippen molar-refractivity contribution in [1.82, 2.24) is 0 Å². The molecule has 200 valence electrons. The molecule has 0 fully saturated rings. The van der Waals surface area contributed by atoms with Gasteiger partial charge in [0.2, 0.25) is 0 Å². The number of thiophene rings is 1. The van der Waals surface area contributed by atoms with Crippen LogP contribution in [0.25, 0.3) is 85.9 Å². The Balaban J connectivity index is 1.30. The largest absolute Gasteiger partial charge is 0.135 e. The van der Waals surface area contributed by atoms with Crippen LogP contribution in [-0.2, 0) is 0 Å². The van der Waals surface area contributed by atoms with E-state index in [1.807, 2.05) is 11.3 Å². The molecule has 0 unspecified atom stereocenters. The third-order valence-electron chi connectivity index (χ3n) is 8.85. The highest BCUT2D eigenvalue weighted by Crippen LogP contribution is 2.43. The van der Waals surface area contributed by atoms with Gasteiger partial charge in [-0.3, -0.25) is 0 Å². The summed E-state index contributed by atoms with van der Waals surface area (Å²) >= 11 is 1.88. The fraction of sp³-hybridized carbons (Fsp3) is 0. The predicted molar refractivity (Wildman–Crippen MR) is 188 cm³/mol. The first kappa shape index (κ1) is 24.4. The Bertz CT molecular complexity index is 2460. The van der Waals surface area contributed by atoms with Crippen molar-refractivity contribution < 1.29 is 0 Å². The van der Waals surface area contributed by atoms with Crippen molar-refractivity contribution in [3.63, 3.8) is 0 Å². The van der Waals surface area contributed by atoms with Crippen LogP contribution in [0.3, 0.4) is 0 Å². The molecule has 0 spiro atoms. The molecule has 0 aliphatic rings. The molecule has 0 nitrogen and oxygen atoms in total. The molecule has 0 atom stereocenters. The van der Waals surface area contributed by atoms with E-state index >= 15 is 0 Å². The Morgan fingerprint density at radius 1 is 0.302 bits per heavy atom. The van der Waals surface area contributed by atoms with E-state index in [1.54, 1.807) is 0 Å². The smallest absolute Gasteiger partial charge is 0.0361 e. The van der Waals surface area contributed by atoms with Crippen molar-refractivity contribution in [3.05, 3.63) is 158 Å². The molecule has 9 aromatic rings. The van der Waals surface area contributed by atoms with E-state index in [0.717, 1.165) is 0 Å².